The topological polar surface area (TPSA) is 18.5 Å². The molecule has 0 saturated heterocycles. The van der Waals surface area contributed by atoms with Crippen LogP contribution in [0.1, 0.15) is 88.0 Å². The van der Waals surface area contributed by atoms with Crippen molar-refractivity contribution in [2.75, 3.05) is 6.61 Å². The van der Waals surface area contributed by atoms with Gasteiger partial charge >= 0.3 is 6.11 Å². The number of halogens is 5. The SMILES string of the molecule is CCCC(OCC(CC)C1CCCCC1)c1cc(F)c(C(F)(F)Oc2cc(F)c(C)c(P)c2)c(F)c1. The third-order valence-electron chi connectivity index (χ3n) is 7.23. The molecular formula is C28H36F5O2P. The van der Waals surface area contributed by atoms with E-state index in [0.29, 0.717) is 36.6 Å². The molecule has 0 heterocycles. The van der Waals surface area contributed by atoms with Crippen molar-refractivity contribution in [3.8, 4) is 5.75 Å². The first-order valence-corrected chi connectivity index (χ1v) is 13.4. The van der Waals surface area contributed by atoms with E-state index in [1.54, 1.807) is 0 Å². The molecule has 3 atom stereocenters. The van der Waals surface area contributed by atoms with Gasteiger partial charge in [-0.2, -0.15) is 8.78 Å². The Morgan fingerprint density at radius 1 is 0.972 bits per heavy atom. The van der Waals surface area contributed by atoms with Crippen molar-refractivity contribution >= 4 is 14.5 Å². The van der Waals surface area contributed by atoms with Crippen molar-refractivity contribution in [3.63, 3.8) is 0 Å². The van der Waals surface area contributed by atoms with Crippen LogP contribution in [0.4, 0.5) is 22.0 Å². The Kier molecular flexibility index (Phi) is 10.2. The van der Waals surface area contributed by atoms with Crippen LogP contribution in [0.3, 0.4) is 0 Å². The Morgan fingerprint density at radius 2 is 1.61 bits per heavy atom. The van der Waals surface area contributed by atoms with Gasteiger partial charge in [-0.1, -0.05) is 58.8 Å². The molecule has 2 nitrogen and oxygen atoms in total. The van der Waals surface area contributed by atoms with Crippen LogP contribution in [0.15, 0.2) is 24.3 Å². The first kappa shape index (κ1) is 28.8. The van der Waals surface area contributed by atoms with Crippen LogP contribution in [-0.4, -0.2) is 6.61 Å². The molecule has 3 rings (SSSR count). The second kappa shape index (κ2) is 12.7. The van der Waals surface area contributed by atoms with E-state index in [0.717, 1.165) is 37.5 Å². The highest BCUT2D eigenvalue weighted by atomic mass is 31.0. The molecule has 0 aliphatic heterocycles. The molecule has 1 aliphatic carbocycles. The minimum Gasteiger partial charge on any atom is -0.429 e. The second-order valence-electron chi connectivity index (χ2n) is 9.77. The van der Waals surface area contributed by atoms with E-state index >= 15 is 0 Å². The van der Waals surface area contributed by atoms with Gasteiger partial charge in [0.05, 0.1) is 12.7 Å². The van der Waals surface area contributed by atoms with Crippen LogP contribution in [-0.2, 0) is 10.8 Å². The number of alkyl halides is 2. The highest BCUT2D eigenvalue weighted by molar-refractivity contribution is 7.27. The van der Waals surface area contributed by atoms with Crippen molar-refractivity contribution in [1.82, 2.24) is 0 Å². The van der Waals surface area contributed by atoms with Gasteiger partial charge in [0, 0.05) is 6.07 Å². The molecular weight excluding hydrogens is 494 g/mol. The molecule has 0 amide bonds. The van der Waals surface area contributed by atoms with Gasteiger partial charge in [-0.15, -0.1) is 9.24 Å². The second-order valence-corrected chi connectivity index (χ2v) is 10.4. The van der Waals surface area contributed by atoms with Gasteiger partial charge in [-0.3, -0.25) is 0 Å². The average Bonchev–Trinajstić information content (AvgIpc) is 2.82. The number of hydrogen-bond acceptors (Lipinski definition) is 2. The molecule has 1 fully saturated rings. The fraction of sp³-hybridized carbons (Fsp3) is 0.571. The zero-order valence-corrected chi connectivity index (χ0v) is 22.3. The summed E-state index contributed by atoms with van der Waals surface area (Å²) in [7, 11) is 2.21. The predicted molar refractivity (Wildman–Crippen MR) is 135 cm³/mol. The largest absolute Gasteiger partial charge is 0.432 e. The summed E-state index contributed by atoms with van der Waals surface area (Å²) in [5, 5.41) is 0.301. The van der Waals surface area contributed by atoms with E-state index in [-0.39, 0.29) is 11.1 Å². The standard InChI is InChI=1S/C28H36F5O2P/c1-4-9-25(34-16-18(5-2)19-10-7-6-8-11-19)20-12-23(30)27(24(31)13-20)28(32,33)35-21-14-22(29)17(3)26(36)15-21/h12-15,18-19,25H,4-11,16,36H2,1-3H3. The Bertz CT molecular complexity index is 977. The molecule has 0 bridgehead atoms. The average molecular weight is 531 g/mol. The predicted octanol–water partition coefficient (Wildman–Crippen LogP) is 8.51. The van der Waals surface area contributed by atoms with E-state index < -0.39 is 41.0 Å². The maximum atomic E-state index is 15.0. The Hall–Kier alpha value is -1.72. The quantitative estimate of drug-likeness (QED) is 0.214. The lowest BCUT2D eigenvalue weighted by molar-refractivity contribution is -0.189. The zero-order valence-electron chi connectivity index (χ0n) is 21.2. The molecule has 0 spiro atoms. The van der Waals surface area contributed by atoms with Crippen molar-refractivity contribution in [2.24, 2.45) is 11.8 Å². The monoisotopic (exact) mass is 530 g/mol. The van der Waals surface area contributed by atoms with E-state index in [9.17, 15) is 22.0 Å². The van der Waals surface area contributed by atoms with Gasteiger partial charge in [-0.25, -0.2) is 13.2 Å². The summed E-state index contributed by atoms with van der Waals surface area (Å²) < 4.78 is 84.3. The fourth-order valence-corrected chi connectivity index (χ4v) is 5.33. The van der Waals surface area contributed by atoms with Gasteiger partial charge < -0.3 is 9.47 Å². The lowest BCUT2D eigenvalue weighted by Gasteiger charge is -2.31. The Morgan fingerprint density at radius 3 is 2.17 bits per heavy atom. The van der Waals surface area contributed by atoms with Crippen LogP contribution in [0.25, 0.3) is 0 Å². The first-order valence-electron chi connectivity index (χ1n) is 12.8. The minimum absolute atomic E-state index is 0.179. The molecule has 3 unspecified atom stereocenters. The van der Waals surface area contributed by atoms with E-state index in [2.05, 4.69) is 20.9 Å². The zero-order chi connectivity index (χ0) is 26.5. The summed E-state index contributed by atoms with van der Waals surface area (Å²) in [5.74, 6) is -3.23. The normalized spacial score (nSPS) is 16.7. The molecule has 2 aromatic rings. The molecule has 0 aromatic heterocycles. The van der Waals surface area contributed by atoms with Crippen LogP contribution in [0, 0.1) is 36.2 Å². The molecule has 0 radical (unpaired) electrons. The third kappa shape index (κ3) is 6.98. The molecule has 1 saturated carbocycles. The van der Waals surface area contributed by atoms with Crippen LogP contribution < -0.4 is 10.0 Å². The summed E-state index contributed by atoms with van der Waals surface area (Å²) in [6.07, 6.45) is 3.20. The van der Waals surface area contributed by atoms with Crippen LogP contribution >= 0.6 is 9.24 Å². The first-order chi connectivity index (χ1) is 17.1. The summed E-state index contributed by atoms with van der Waals surface area (Å²) in [6, 6.07) is 3.73. The van der Waals surface area contributed by atoms with Crippen molar-refractivity contribution in [1.29, 1.82) is 0 Å². The highest BCUT2D eigenvalue weighted by Gasteiger charge is 2.41. The Balaban J connectivity index is 1.80. The van der Waals surface area contributed by atoms with Gasteiger partial charge in [-0.05, 0) is 59.8 Å². The lowest BCUT2D eigenvalue weighted by atomic mass is 9.79. The number of benzene rings is 2. The molecule has 200 valence electrons. The summed E-state index contributed by atoms with van der Waals surface area (Å²) in [6.45, 7) is 5.99. The summed E-state index contributed by atoms with van der Waals surface area (Å²) >= 11 is 0. The van der Waals surface area contributed by atoms with Gasteiger partial charge in [0.2, 0.25) is 0 Å². The molecule has 8 heteroatoms. The highest BCUT2D eigenvalue weighted by Crippen LogP contribution is 2.38. The summed E-state index contributed by atoms with van der Waals surface area (Å²) in [5.41, 5.74) is -1.09. The van der Waals surface area contributed by atoms with Crippen LogP contribution in [0.2, 0.25) is 0 Å². The lowest BCUT2D eigenvalue weighted by Crippen LogP contribution is -2.26. The maximum absolute atomic E-state index is 15.0. The Labute approximate surface area is 213 Å². The van der Waals surface area contributed by atoms with Crippen molar-refractivity contribution in [3.05, 3.63) is 58.4 Å². The van der Waals surface area contributed by atoms with Gasteiger partial charge in [0.15, 0.2) is 0 Å². The number of ether oxygens (including phenoxy) is 2. The van der Waals surface area contributed by atoms with Gasteiger partial charge in [0.25, 0.3) is 0 Å². The molecule has 0 N–H and O–H groups in total. The number of rotatable bonds is 11. The molecule has 36 heavy (non-hydrogen) atoms. The third-order valence-corrected chi connectivity index (χ3v) is 7.83. The smallest absolute Gasteiger partial charge is 0.429 e. The van der Waals surface area contributed by atoms with Crippen LogP contribution in [0.5, 0.6) is 5.75 Å². The van der Waals surface area contributed by atoms with Crippen molar-refractivity contribution < 1.29 is 31.4 Å². The van der Waals surface area contributed by atoms with E-state index in [4.69, 9.17) is 4.74 Å². The van der Waals surface area contributed by atoms with E-state index in [1.165, 1.54) is 32.3 Å². The molecule has 2 aromatic carbocycles. The molecule has 1 aliphatic rings. The van der Waals surface area contributed by atoms with Crippen molar-refractivity contribution in [2.45, 2.75) is 84.4 Å². The fourth-order valence-electron chi connectivity index (χ4n) is 5.03. The minimum atomic E-state index is -4.35. The summed E-state index contributed by atoms with van der Waals surface area (Å²) in [4.78, 5) is 0. The van der Waals surface area contributed by atoms with E-state index in [1.807, 2.05) is 6.92 Å². The maximum Gasteiger partial charge on any atom is 0.432 e. The van der Waals surface area contributed by atoms with Gasteiger partial charge in [0.1, 0.15) is 28.8 Å². The number of hydrogen-bond donors (Lipinski definition) is 0.